The van der Waals surface area contributed by atoms with E-state index in [1.807, 2.05) is 36.5 Å². The van der Waals surface area contributed by atoms with Crippen LogP contribution in [0.25, 0.3) is 21.9 Å². The molecule has 2 fully saturated rings. The summed E-state index contributed by atoms with van der Waals surface area (Å²) >= 11 is 4.41. The molecule has 2 aliphatic rings. The third kappa shape index (κ3) is 9.45. The van der Waals surface area contributed by atoms with E-state index in [-0.39, 0.29) is 17.5 Å². The number of nitrogens with zero attached hydrogens (tertiary/aromatic N) is 4. The van der Waals surface area contributed by atoms with E-state index in [1.165, 1.54) is 0 Å². The van der Waals surface area contributed by atoms with E-state index in [0.717, 1.165) is 84.9 Å². The Labute approximate surface area is 315 Å². The number of hydrogen-bond acceptors (Lipinski definition) is 11. The fourth-order valence-corrected chi connectivity index (χ4v) is 6.88. The lowest BCUT2D eigenvalue weighted by Gasteiger charge is -2.39. The number of likely N-dealkylation sites (tertiary alicyclic amines) is 1. The van der Waals surface area contributed by atoms with Crippen LogP contribution < -0.4 is 25.1 Å². The highest BCUT2D eigenvalue weighted by atomic mass is 32.1. The van der Waals surface area contributed by atoms with Crippen molar-refractivity contribution in [2.45, 2.75) is 76.6 Å². The second kappa shape index (κ2) is 18.4. The molecule has 3 heterocycles. The Bertz CT molecular complexity index is 1940. The van der Waals surface area contributed by atoms with Crippen LogP contribution in [-0.4, -0.2) is 85.0 Å². The van der Waals surface area contributed by atoms with Crippen LogP contribution in [0.5, 0.6) is 17.2 Å². The Morgan fingerprint density at radius 1 is 1.04 bits per heavy atom. The number of pyridine rings is 2. The highest BCUT2D eigenvalue weighted by Crippen LogP contribution is 2.42. The molecule has 1 aliphatic heterocycles. The fraction of sp³-hybridized carbons (Fsp3) is 0.425. The minimum atomic E-state index is -0.105. The summed E-state index contributed by atoms with van der Waals surface area (Å²) in [5.74, 6) is 2.86. The Balaban J connectivity index is 0.00000101. The predicted octanol–water partition coefficient (Wildman–Crippen LogP) is 5.43. The molecule has 282 valence electrons. The molecule has 1 saturated heterocycles. The van der Waals surface area contributed by atoms with E-state index in [1.54, 1.807) is 30.3 Å². The third-order valence-corrected chi connectivity index (χ3v) is 10.2. The first-order chi connectivity index (χ1) is 25.7. The molecule has 4 aromatic rings. The van der Waals surface area contributed by atoms with Gasteiger partial charge in [-0.2, -0.15) is 12.6 Å². The molecule has 2 aromatic heterocycles. The molecule has 1 atom stereocenters. The molecule has 0 radical (unpaired) electrons. The maximum Gasteiger partial charge on any atom is 0.260 e. The fourth-order valence-electron chi connectivity index (χ4n) is 6.67. The summed E-state index contributed by atoms with van der Waals surface area (Å²) in [6.07, 6.45) is 9.65. The van der Waals surface area contributed by atoms with Gasteiger partial charge < -0.3 is 24.1 Å². The molecule has 1 unspecified atom stereocenters. The molecule has 0 spiro atoms. The molecule has 2 amide bonds. The Morgan fingerprint density at radius 2 is 1.74 bits per heavy atom. The topological polar surface area (TPSA) is 132 Å². The number of aldehydes is 1. The van der Waals surface area contributed by atoms with Crippen LogP contribution in [0.1, 0.15) is 72.6 Å². The molecule has 2 aromatic carbocycles. The van der Waals surface area contributed by atoms with Crippen molar-refractivity contribution >= 4 is 42.5 Å². The molecule has 0 bridgehead atoms. The predicted molar refractivity (Wildman–Crippen MR) is 208 cm³/mol. The number of hydrogen-bond donors (Lipinski definition) is 2. The normalized spacial score (nSPS) is 14.8. The van der Waals surface area contributed by atoms with Gasteiger partial charge in [-0.05, 0) is 80.1 Å². The number of ether oxygens (including phenoxy) is 3. The number of thiol groups is 1. The molecular formula is C40H49N5O7S. The van der Waals surface area contributed by atoms with E-state index in [0.29, 0.717) is 59.5 Å². The van der Waals surface area contributed by atoms with Gasteiger partial charge in [-0.3, -0.25) is 34.0 Å². The molecule has 1 N–H and O–H groups in total. The zero-order chi connectivity index (χ0) is 38.1. The number of methoxy groups -OCH3 is 2. The highest BCUT2D eigenvalue weighted by Gasteiger charge is 2.31. The third-order valence-electron chi connectivity index (χ3n) is 9.93. The standard InChI is InChI=1S/C38H46N4O5S.C2H3NO2/c1-6-7-24(2)40(3)17-26-10-11-29(12-28(26)22-43)47-30-18-41(19-30)20-34-36(45-4)13-27(14-37(34)46-5)33-21-42(23-48)38(44)32-16-39-35(15-31(32)33)25-8-9-25;4-1-3-2-5/h10-16,21-22,24-25,30,48H,6-9,17-20,23H2,1-5H3;1-2H,(H,3,4,5). The maximum absolute atomic E-state index is 13.2. The van der Waals surface area contributed by atoms with Crippen LogP contribution in [0.4, 0.5) is 0 Å². The molecule has 1 aliphatic carbocycles. The minimum absolute atomic E-state index is 0.0155. The number of imide groups is 1. The van der Waals surface area contributed by atoms with E-state index in [2.05, 4.69) is 54.4 Å². The van der Waals surface area contributed by atoms with Gasteiger partial charge in [0.25, 0.3) is 5.56 Å². The van der Waals surface area contributed by atoms with Gasteiger partial charge in [-0.15, -0.1) is 0 Å². The van der Waals surface area contributed by atoms with Crippen molar-refractivity contribution in [1.29, 1.82) is 0 Å². The number of amides is 2. The lowest BCUT2D eigenvalue weighted by molar-refractivity contribution is -0.117. The molecule has 12 nitrogen and oxygen atoms in total. The molecule has 13 heteroatoms. The largest absolute Gasteiger partial charge is 0.496 e. The average Bonchev–Trinajstić information content (AvgIpc) is 4.01. The van der Waals surface area contributed by atoms with E-state index >= 15 is 0 Å². The smallest absolute Gasteiger partial charge is 0.260 e. The number of carbonyl (C=O) groups excluding carboxylic acids is 3. The van der Waals surface area contributed by atoms with Crippen molar-refractivity contribution in [3.05, 3.63) is 81.5 Å². The SMILES string of the molecule is CCCC(C)N(C)Cc1ccc(OC2CN(Cc3c(OC)cc(-c4cn(CS)c(=O)c5cnc(C6CC6)cc45)cc3OC)C2)cc1C=O.O=CNC=O. The van der Waals surface area contributed by atoms with Gasteiger partial charge in [0.15, 0.2) is 6.29 Å². The number of carbonyl (C=O) groups is 3. The van der Waals surface area contributed by atoms with Gasteiger partial charge in [0.2, 0.25) is 12.8 Å². The Hall–Kier alpha value is -4.72. The number of fused-ring (bicyclic) bond motifs is 1. The minimum Gasteiger partial charge on any atom is -0.496 e. The van der Waals surface area contributed by atoms with Crippen molar-refractivity contribution < 1.29 is 28.6 Å². The van der Waals surface area contributed by atoms with Crippen LogP contribution in [0.3, 0.4) is 0 Å². The summed E-state index contributed by atoms with van der Waals surface area (Å²) in [5, 5.41) is 3.20. The van der Waals surface area contributed by atoms with Crippen molar-refractivity contribution in [2.75, 3.05) is 34.4 Å². The first kappa shape index (κ1) is 39.5. The molecular weight excluding hydrogens is 695 g/mol. The van der Waals surface area contributed by atoms with Crippen LogP contribution in [0, 0.1) is 0 Å². The summed E-state index contributed by atoms with van der Waals surface area (Å²) in [5.41, 5.74) is 5.36. The number of aromatic nitrogens is 2. The quantitative estimate of drug-likeness (QED) is 0.107. The van der Waals surface area contributed by atoms with Crippen molar-refractivity contribution in [2.24, 2.45) is 0 Å². The lowest BCUT2D eigenvalue weighted by atomic mass is 9.97. The van der Waals surface area contributed by atoms with Crippen LogP contribution in [-0.2, 0) is 28.6 Å². The van der Waals surface area contributed by atoms with Gasteiger partial charge in [-0.1, -0.05) is 19.4 Å². The van der Waals surface area contributed by atoms with Gasteiger partial charge in [0, 0.05) is 67.4 Å². The van der Waals surface area contributed by atoms with Gasteiger partial charge >= 0.3 is 0 Å². The highest BCUT2D eigenvalue weighted by molar-refractivity contribution is 7.79. The van der Waals surface area contributed by atoms with E-state index in [4.69, 9.17) is 23.8 Å². The van der Waals surface area contributed by atoms with Gasteiger partial charge in [-0.25, -0.2) is 0 Å². The van der Waals surface area contributed by atoms with E-state index in [9.17, 15) is 9.59 Å². The first-order valence-electron chi connectivity index (χ1n) is 17.9. The average molecular weight is 744 g/mol. The molecule has 53 heavy (non-hydrogen) atoms. The first-order valence-corrected chi connectivity index (χ1v) is 18.5. The molecule has 6 rings (SSSR count). The van der Waals surface area contributed by atoms with Crippen molar-refractivity contribution in [3.8, 4) is 28.4 Å². The van der Waals surface area contributed by atoms with Crippen molar-refractivity contribution in [1.82, 2.24) is 24.7 Å². The maximum atomic E-state index is 13.2. The summed E-state index contributed by atoms with van der Waals surface area (Å²) in [4.78, 5) is 52.4. The Kier molecular flexibility index (Phi) is 13.7. The second-order valence-corrected chi connectivity index (χ2v) is 13.9. The lowest BCUT2D eigenvalue weighted by Crippen LogP contribution is -2.53. The van der Waals surface area contributed by atoms with Gasteiger partial charge in [0.1, 0.15) is 23.4 Å². The zero-order valence-corrected chi connectivity index (χ0v) is 31.9. The van der Waals surface area contributed by atoms with Crippen LogP contribution >= 0.6 is 12.6 Å². The van der Waals surface area contributed by atoms with Gasteiger partial charge in [0.05, 0.1) is 31.0 Å². The summed E-state index contributed by atoms with van der Waals surface area (Å²) in [7, 11) is 5.44. The number of benzene rings is 2. The number of nitrogens with one attached hydrogen (secondary N) is 1. The van der Waals surface area contributed by atoms with Crippen molar-refractivity contribution in [3.63, 3.8) is 0 Å². The summed E-state index contributed by atoms with van der Waals surface area (Å²) in [6, 6.07) is 12.4. The van der Waals surface area contributed by atoms with Crippen LogP contribution in [0.2, 0.25) is 0 Å². The molecule has 1 saturated carbocycles. The monoisotopic (exact) mass is 743 g/mol. The Morgan fingerprint density at radius 3 is 2.30 bits per heavy atom. The van der Waals surface area contributed by atoms with E-state index < -0.39 is 0 Å². The zero-order valence-electron chi connectivity index (χ0n) is 31.0. The summed E-state index contributed by atoms with van der Waals surface area (Å²) in [6.45, 7) is 7.23. The second-order valence-electron chi connectivity index (χ2n) is 13.6. The summed E-state index contributed by atoms with van der Waals surface area (Å²) < 4.78 is 19.7. The van der Waals surface area contributed by atoms with Crippen LogP contribution in [0.15, 0.2) is 53.6 Å². The number of rotatable bonds is 17.